The number of carbonyl (C=O) groups excluding carboxylic acids is 1. The molecule has 0 heterocycles. The Hall–Kier alpha value is -1.66. The molecule has 0 saturated carbocycles. The van der Waals surface area contributed by atoms with Crippen molar-refractivity contribution >= 4 is 44.8 Å². The van der Waals surface area contributed by atoms with Gasteiger partial charge in [0.15, 0.2) is 0 Å². The van der Waals surface area contributed by atoms with E-state index in [0.717, 1.165) is 18.2 Å². The lowest BCUT2D eigenvalue weighted by Gasteiger charge is -2.10. The minimum Gasteiger partial charge on any atom is -0.399 e. The summed E-state index contributed by atoms with van der Waals surface area (Å²) in [5, 5.41) is 2.42. The summed E-state index contributed by atoms with van der Waals surface area (Å²) in [6.45, 7) is 0. The van der Waals surface area contributed by atoms with Crippen molar-refractivity contribution in [2.24, 2.45) is 0 Å². The fourth-order valence-electron chi connectivity index (χ4n) is 1.56. The first kappa shape index (κ1) is 14.7. The van der Waals surface area contributed by atoms with Crippen LogP contribution in [0.3, 0.4) is 0 Å². The summed E-state index contributed by atoms with van der Waals surface area (Å²) in [4.78, 5) is 12.0. The molecule has 0 aliphatic heterocycles. The molecule has 2 rings (SSSR count). The molecule has 0 bridgehead atoms. The second-order valence-corrected chi connectivity index (χ2v) is 5.20. The highest BCUT2D eigenvalue weighted by molar-refractivity contribution is 9.10. The Kier molecular flexibility index (Phi) is 4.25. The number of nitrogens with one attached hydrogen (secondary N) is 1. The van der Waals surface area contributed by atoms with Gasteiger partial charge in [-0.1, -0.05) is 11.6 Å². The fourth-order valence-corrected chi connectivity index (χ4v) is 2.46. The van der Waals surface area contributed by atoms with Crippen molar-refractivity contribution in [1.29, 1.82) is 0 Å². The quantitative estimate of drug-likeness (QED) is 0.787. The van der Waals surface area contributed by atoms with Crippen LogP contribution in [-0.2, 0) is 0 Å². The Balaban J connectivity index is 2.33. The highest BCUT2D eigenvalue weighted by Gasteiger charge is 2.16. The van der Waals surface area contributed by atoms with Gasteiger partial charge in [-0.05, 0) is 46.3 Å². The van der Waals surface area contributed by atoms with E-state index in [1.165, 1.54) is 12.1 Å². The van der Waals surface area contributed by atoms with Crippen LogP contribution in [0, 0.1) is 11.6 Å². The van der Waals surface area contributed by atoms with Crippen LogP contribution < -0.4 is 11.1 Å². The predicted molar refractivity (Wildman–Crippen MR) is 77.9 cm³/mol. The van der Waals surface area contributed by atoms with Gasteiger partial charge in [0.25, 0.3) is 5.91 Å². The molecule has 0 spiro atoms. The number of anilines is 2. The van der Waals surface area contributed by atoms with Crippen molar-refractivity contribution < 1.29 is 13.6 Å². The summed E-state index contributed by atoms with van der Waals surface area (Å²) < 4.78 is 27.0. The molecule has 3 nitrogen and oxygen atoms in total. The number of rotatable bonds is 2. The van der Waals surface area contributed by atoms with Gasteiger partial charge in [-0.25, -0.2) is 8.78 Å². The van der Waals surface area contributed by atoms with Gasteiger partial charge < -0.3 is 11.1 Å². The normalized spacial score (nSPS) is 10.4. The monoisotopic (exact) mass is 360 g/mol. The van der Waals surface area contributed by atoms with Gasteiger partial charge >= 0.3 is 0 Å². The van der Waals surface area contributed by atoms with E-state index in [-0.39, 0.29) is 26.4 Å². The molecule has 104 valence electrons. The molecule has 0 unspecified atom stereocenters. The van der Waals surface area contributed by atoms with Gasteiger partial charge in [0.05, 0.1) is 16.3 Å². The SMILES string of the molecule is Nc1ccc(C(=O)Nc2c(Cl)cc(F)cc2Br)c(F)c1. The number of halogens is 4. The first-order chi connectivity index (χ1) is 9.38. The summed E-state index contributed by atoms with van der Waals surface area (Å²) >= 11 is 8.91. The molecule has 1 amide bonds. The van der Waals surface area contributed by atoms with E-state index in [0.29, 0.717) is 0 Å². The van der Waals surface area contributed by atoms with Crippen molar-refractivity contribution in [3.63, 3.8) is 0 Å². The first-order valence-corrected chi connectivity index (χ1v) is 6.56. The molecule has 0 aliphatic rings. The lowest BCUT2D eigenvalue weighted by Crippen LogP contribution is -2.14. The smallest absolute Gasteiger partial charge is 0.258 e. The summed E-state index contributed by atoms with van der Waals surface area (Å²) in [5.74, 6) is -2.02. The fraction of sp³-hybridized carbons (Fsp3) is 0. The van der Waals surface area contributed by atoms with Crippen molar-refractivity contribution in [3.05, 3.63) is 57.0 Å². The van der Waals surface area contributed by atoms with Gasteiger partial charge in [-0.15, -0.1) is 0 Å². The van der Waals surface area contributed by atoms with Crippen LogP contribution in [0.5, 0.6) is 0 Å². The minimum absolute atomic E-state index is 0.000998. The third-order valence-corrected chi connectivity index (χ3v) is 3.41. The number of hydrogen-bond acceptors (Lipinski definition) is 2. The van der Waals surface area contributed by atoms with Crippen LogP contribution in [0.2, 0.25) is 5.02 Å². The van der Waals surface area contributed by atoms with Gasteiger partial charge in [0, 0.05) is 10.2 Å². The van der Waals surface area contributed by atoms with Crippen LogP contribution in [0.1, 0.15) is 10.4 Å². The van der Waals surface area contributed by atoms with Crippen LogP contribution >= 0.6 is 27.5 Å². The highest BCUT2D eigenvalue weighted by atomic mass is 79.9. The van der Waals surface area contributed by atoms with Crippen molar-refractivity contribution in [2.45, 2.75) is 0 Å². The molecule has 3 N–H and O–H groups in total. The Morgan fingerprint density at radius 1 is 1.25 bits per heavy atom. The molecular weight excluding hydrogens is 354 g/mol. The highest BCUT2D eigenvalue weighted by Crippen LogP contribution is 2.32. The average molecular weight is 362 g/mol. The van der Waals surface area contributed by atoms with E-state index in [1.807, 2.05) is 0 Å². The number of nitrogen functional groups attached to an aromatic ring is 1. The zero-order chi connectivity index (χ0) is 14.9. The van der Waals surface area contributed by atoms with E-state index in [4.69, 9.17) is 17.3 Å². The second kappa shape index (κ2) is 5.76. The number of nitrogens with two attached hydrogens (primary N) is 1. The van der Waals surface area contributed by atoms with Gasteiger partial charge in [0.1, 0.15) is 11.6 Å². The van der Waals surface area contributed by atoms with Crippen LogP contribution in [0.25, 0.3) is 0 Å². The Labute approximate surface area is 126 Å². The maximum Gasteiger partial charge on any atom is 0.258 e. The first-order valence-electron chi connectivity index (χ1n) is 5.39. The van der Waals surface area contributed by atoms with E-state index >= 15 is 0 Å². The van der Waals surface area contributed by atoms with Gasteiger partial charge in [-0.3, -0.25) is 4.79 Å². The van der Waals surface area contributed by atoms with E-state index < -0.39 is 17.5 Å². The Morgan fingerprint density at radius 3 is 2.55 bits per heavy atom. The maximum absolute atomic E-state index is 13.6. The summed E-state index contributed by atoms with van der Waals surface area (Å²) in [7, 11) is 0. The molecule has 0 atom stereocenters. The molecule has 7 heteroatoms. The molecule has 2 aromatic rings. The zero-order valence-corrected chi connectivity index (χ0v) is 12.2. The Bertz CT molecular complexity index is 671. The second-order valence-electron chi connectivity index (χ2n) is 3.94. The molecule has 0 aliphatic carbocycles. The maximum atomic E-state index is 13.6. The van der Waals surface area contributed by atoms with Crippen molar-refractivity contribution in [2.75, 3.05) is 11.1 Å². The van der Waals surface area contributed by atoms with E-state index in [1.54, 1.807) is 0 Å². The molecule has 20 heavy (non-hydrogen) atoms. The summed E-state index contributed by atoms with van der Waals surface area (Å²) in [5.41, 5.74) is 5.58. The lowest BCUT2D eigenvalue weighted by molar-refractivity contribution is 0.102. The number of amides is 1. The van der Waals surface area contributed by atoms with Crippen LogP contribution in [-0.4, -0.2) is 5.91 Å². The number of benzene rings is 2. The lowest BCUT2D eigenvalue weighted by atomic mass is 10.1. The molecule has 0 radical (unpaired) electrons. The number of carbonyl (C=O) groups is 1. The standard InChI is InChI=1S/C13H8BrClF2N2O/c14-9-3-6(16)4-10(15)12(9)19-13(20)8-2-1-7(18)5-11(8)17/h1-5H,18H2,(H,19,20). The van der Waals surface area contributed by atoms with Gasteiger partial charge in [-0.2, -0.15) is 0 Å². The molecule has 2 aromatic carbocycles. The molecule has 0 aromatic heterocycles. The van der Waals surface area contributed by atoms with E-state index in [9.17, 15) is 13.6 Å². The molecule has 0 saturated heterocycles. The summed E-state index contributed by atoms with van der Waals surface area (Å²) in [6, 6.07) is 5.88. The third-order valence-electron chi connectivity index (χ3n) is 2.48. The van der Waals surface area contributed by atoms with Crippen LogP contribution in [0.4, 0.5) is 20.2 Å². The minimum atomic E-state index is -0.753. The van der Waals surface area contributed by atoms with Gasteiger partial charge in [0.2, 0.25) is 0 Å². The predicted octanol–water partition coefficient (Wildman–Crippen LogP) is 4.22. The average Bonchev–Trinajstić information content (AvgIpc) is 2.33. The molecular formula is C13H8BrClF2N2O. The largest absolute Gasteiger partial charge is 0.399 e. The topological polar surface area (TPSA) is 55.1 Å². The third kappa shape index (κ3) is 3.08. The summed E-state index contributed by atoms with van der Waals surface area (Å²) in [6.07, 6.45) is 0. The van der Waals surface area contributed by atoms with Crippen molar-refractivity contribution in [1.82, 2.24) is 0 Å². The van der Waals surface area contributed by atoms with Crippen molar-refractivity contribution in [3.8, 4) is 0 Å². The van der Waals surface area contributed by atoms with E-state index in [2.05, 4.69) is 21.2 Å². The zero-order valence-electron chi connectivity index (χ0n) is 9.88. The number of hydrogen-bond donors (Lipinski definition) is 2. The molecule has 0 fully saturated rings. The Morgan fingerprint density at radius 2 is 1.95 bits per heavy atom. The van der Waals surface area contributed by atoms with Crippen LogP contribution in [0.15, 0.2) is 34.8 Å².